The van der Waals surface area contributed by atoms with E-state index in [2.05, 4.69) is 23.3 Å². The summed E-state index contributed by atoms with van der Waals surface area (Å²) < 4.78 is 0. The van der Waals surface area contributed by atoms with Crippen LogP contribution in [-0.2, 0) is 19.2 Å². The molecule has 0 bridgehead atoms. The molecular weight excluding hydrogens is 312 g/mol. The van der Waals surface area contributed by atoms with Crippen molar-refractivity contribution in [1.29, 1.82) is 0 Å². The van der Waals surface area contributed by atoms with Crippen LogP contribution < -0.4 is 22.1 Å². The molecule has 0 fully saturated rings. The van der Waals surface area contributed by atoms with E-state index in [-0.39, 0.29) is 11.7 Å². The molecule has 0 aliphatic heterocycles. The highest BCUT2D eigenvalue weighted by Gasteiger charge is 2.28. The van der Waals surface area contributed by atoms with Crippen LogP contribution in [0.15, 0.2) is 0 Å². The first-order chi connectivity index (χ1) is 10.1. The number of thiol groups is 1. The van der Waals surface area contributed by atoms with Gasteiger partial charge in [0, 0.05) is 5.75 Å². The lowest BCUT2D eigenvalue weighted by Crippen LogP contribution is -2.56. The summed E-state index contributed by atoms with van der Waals surface area (Å²) >= 11 is 3.94. The number of nitrogens with two attached hydrogens (primary N) is 2. The van der Waals surface area contributed by atoms with Crippen LogP contribution in [-0.4, -0.2) is 52.7 Å². The lowest BCUT2D eigenvalue weighted by atomic mass is 10.0. The molecule has 0 heterocycles. The second-order valence-electron chi connectivity index (χ2n) is 5.08. The Morgan fingerprint density at radius 1 is 1.09 bits per heavy atom. The molecule has 0 aromatic carbocycles. The second-order valence-corrected chi connectivity index (χ2v) is 5.45. The van der Waals surface area contributed by atoms with Gasteiger partial charge in [0.05, 0.1) is 12.5 Å². The molecule has 126 valence electrons. The molecule has 0 saturated carbocycles. The summed E-state index contributed by atoms with van der Waals surface area (Å²) in [5, 5.41) is 13.4. The van der Waals surface area contributed by atoms with E-state index in [0.717, 1.165) is 0 Å². The van der Waals surface area contributed by atoms with Crippen molar-refractivity contribution in [2.75, 3.05) is 5.75 Å². The van der Waals surface area contributed by atoms with E-state index in [9.17, 15) is 19.2 Å². The minimum Gasteiger partial charge on any atom is -0.480 e. The van der Waals surface area contributed by atoms with E-state index in [4.69, 9.17) is 16.6 Å². The second kappa shape index (κ2) is 9.26. The van der Waals surface area contributed by atoms with E-state index in [1.54, 1.807) is 13.8 Å². The fourth-order valence-corrected chi connectivity index (χ4v) is 1.70. The molecule has 0 spiro atoms. The zero-order valence-electron chi connectivity index (χ0n) is 12.4. The zero-order valence-corrected chi connectivity index (χ0v) is 13.3. The molecule has 3 atom stereocenters. The fraction of sp³-hybridized carbons (Fsp3) is 0.667. The quantitative estimate of drug-likeness (QED) is 0.263. The molecule has 0 aromatic rings. The molecule has 3 unspecified atom stereocenters. The van der Waals surface area contributed by atoms with Gasteiger partial charge in [-0.2, -0.15) is 12.6 Å². The molecular formula is C12H22N4O5S. The maximum absolute atomic E-state index is 12.0. The first-order valence-corrected chi connectivity index (χ1v) is 7.21. The Kier molecular flexibility index (Phi) is 8.50. The summed E-state index contributed by atoms with van der Waals surface area (Å²) in [6, 6.07) is -3.35. The minimum absolute atomic E-state index is 0.0642. The fourth-order valence-electron chi connectivity index (χ4n) is 1.44. The van der Waals surface area contributed by atoms with Gasteiger partial charge in [0.25, 0.3) is 0 Å². The minimum atomic E-state index is -1.47. The van der Waals surface area contributed by atoms with Gasteiger partial charge in [0.1, 0.15) is 12.1 Å². The first-order valence-electron chi connectivity index (χ1n) is 6.58. The topological polar surface area (TPSA) is 165 Å². The number of nitrogens with one attached hydrogen (secondary N) is 2. The largest absolute Gasteiger partial charge is 0.480 e. The van der Waals surface area contributed by atoms with E-state index in [0.29, 0.717) is 0 Å². The van der Waals surface area contributed by atoms with Crippen LogP contribution in [0.25, 0.3) is 0 Å². The third-order valence-corrected chi connectivity index (χ3v) is 3.22. The van der Waals surface area contributed by atoms with Crippen molar-refractivity contribution in [1.82, 2.24) is 10.6 Å². The van der Waals surface area contributed by atoms with E-state index < -0.39 is 48.2 Å². The predicted molar refractivity (Wildman–Crippen MR) is 82.0 cm³/mol. The van der Waals surface area contributed by atoms with Gasteiger partial charge in [-0.15, -0.1) is 0 Å². The van der Waals surface area contributed by atoms with Crippen LogP contribution in [0.1, 0.15) is 20.3 Å². The number of carboxylic acids is 1. The normalized spacial score (nSPS) is 14.8. The van der Waals surface area contributed by atoms with Crippen LogP contribution in [0, 0.1) is 5.92 Å². The summed E-state index contributed by atoms with van der Waals surface area (Å²) in [4.78, 5) is 45.5. The van der Waals surface area contributed by atoms with Crippen molar-refractivity contribution >= 4 is 36.3 Å². The van der Waals surface area contributed by atoms with Gasteiger partial charge in [0.15, 0.2) is 0 Å². The summed E-state index contributed by atoms with van der Waals surface area (Å²) in [7, 11) is 0. The van der Waals surface area contributed by atoms with E-state index in [1.807, 2.05) is 0 Å². The average Bonchev–Trinajstić information content (AvgIpc) is 2.41. The van der Waals surface area contributed by atoms with Crippen LogP contribution in [0.5, 0.6) is 0 Å². The molecule has 3 amide bonds. The third-order valence-electron chi connectivity index (χ3n) is 2.86. The number of hydrogen-bond donors (Lipinski definition) is 6. The van der Waals surface area contributed by atoms with Crippen molar-refractivity contribution in [3.8, 4) is 0 Å². The highest BCUT2D eigenvalue weighted by Crippen LogP contribution is 2.00. The van der Waals surface area contributed by atoms with Crippen molar-refractivity contribution in [3.05, 3.63) is 0 Å². The van der Waals surface area contributed by atoms with E-state index >= 15 is 0 Å². The molecule has 0 aliphatic carbocycles. The summed E-state index contributed by atoms with van der Waals surface area (Å²) in [6.45, 7) is 3.49. The van der Waals surface area contributed by atoms with Crippen molar-refractivity contribution in [2.24, 2.45) is 17.4 Å². The number of primary amides is 1. The highest BCUT2D eigenvalue weighted by molar-refractivity contribution is 7.80. The Bertz CT molecular complexity index is 443. The first kappa shape index (κ1) is 20.2. The van der Waals surface area contributed by atoms with Gasteiger partial charge in [0.2, 0.25) is 17.7 Å². The standard InChI is InChI=1S/C12H22N4O5S/c1-5(2)9(14)11(19)16-7(4-22)10(18)15-6(12(20)21)3-8(13)17/h5-7,9,22H,3-4,14H2,1-2H3,(H2,13,17)(H,15,18)(H,16,19)(H,20,21). The lowest BCUT2D eigenvalue weighted by molar-refractivity contribution is -0.143. The average molecular weight is 334 g/mol. The molecule has 10 heteroatoms. The number of carbonyl (C=O) groups excluding carboxylic acids is 3. The van der Waals surface area contributed by atoms with Gasteiger partial charge in [-0.3, -0.25) is 14.4 Å². The van der Waals surface area contributed by atoms with Gasteiger partial charge in [-0.1, -0.05) is 13.8 Å². The Morgan fingerprint density at radius 2 is 1.59 bits per heavy atom. The number of hydrogen-bond acceptors (Lipinski definition) is 6. The van der Waals surface area contributed by atoms with Gasteiger partial charge >= 0.3 is 5.97 Å². The molecule has 7 N–H and O–H groups in total. The molecule has 0 rings (SSSR count). The highest BCUT2D eigenvalue weighted by atomic mass is 32.1. The summed E-state index contributed by atoms with van der Waals surface area (Å²) in [6.07, 6.45) is -0.556. The number of aliphatic carboxylic acids is 1. The maximum Gasteiger partial charge on any atom is 0.326 e. The number of rotatable bonds is 9. The number of amides is 3. The zero-order chi connectivity index (χ0) is 17.4. The monoisotopic (exact) mass is 334 g/mol. The van der Waals surface area contributed by atoms with Crippen LogP contribution >= 0.6 is 12.6 Å². The van der Waals surface area contributed by atoms with Gasteiger partial charge in [-0.05, 0) is 5.92 Å². The molecule has 9 nitrogen and oxygen atoms in total. The van der Waals surface area contributed by atoms with Crippen LogP contribution in [0.3, 0.4) is 0 Å². The maximum atomic E-state index is 12.0. The van der Waals surface area contributed by atoms with E-state index in [1.165, 1.54) is 0 Å². The predicted octanol–water partition coefficient (Wildman–Crippen LogP) is -2.17. The summed E-state index contributed by atoms with van der Waals surface area (Å²) in [5.41, 5.74) is 10.6. The molecule has 0 saturated heterocycles. The SMILES string of the molecule is CC(C)C(N)C(=O)NC(CS)C(=O)NC(CC(N)=O)C(=O)O. The van der Waals surface area contributed by atoms with Crippen molar-refractivity contribution in [3.63, 3.8) is 0 Å². The Hall–Kier alpha value is -1.81. The lowest BCUT2D eigenvalue weighted by Gasteiger charge is -2.22. The molecule has 22 heavy (non-hydrogen) atoms. The molecule has 0 aromatic heterocycles. The number of carboxylic acid groups (broad SMARTS) is 1. The van der Waals surface area contributed by atoms with Crippen LogP contribution in [0.2, 0.25) is 0 Å². The van der Waals surface area contributed by atoms with Crippen LogP contribution in [0.4, 0.5) is 0 Å². The van der Waals surface area contributed by atoms with Crippen molar-refractivity contribution < 1.29 is 24.3 Å². The number of carbonyl (C=O) groups is 4. The molecule has 0 aliphatic rings. The van der Waals surface area contributed by atoms with Crippen molar-refractivity contribution in [2.45, 2.75) is 38.4 Å². The Morgan fingerprint density at radius 3 is 1.95 bits per heavy atom. The smallest absolute Gasteiger partial charge is 0.326 e. The Balaban J connectivity index is 4.80. The van der Waals surface area contributed by atoms with Gasteiger partial charge in [-0.25, -0.2) is 4.79 Å². The molecule has 0 radical (unpaired) electrons. The summed E-state index contributed by atoms with van der Waals surface area (Å²) in [5.74, 6) is -3.81. The third kappa shape index (κ3) is 6.76. The Labute approximate surface area is 133 Å². The van der Waals surface area contributed by atoms with Gasteiger partial charge < -0.3 is 27.2 Å².